The molecule has 6 nitrogen and oxygen atoms in total. The first kappa shape index (κ1) is 15.7. The number of urea groups is 1. The number of alkyl halides is 2. The molecule has 0 aliphatic rings. The molecule has 2 rings (SSSR count). The number of aryl methyl sites for hydroxylation is 1. The number of nitrogens with one attached hydrogen (secondary N) is 2. The number of hydrogen-bond acceptors (Lipinski definition) is 3. The van der Waals surface area contributed by atoms with Crippen LogP contribution in [0.5, 0.6) is 5.75 Å². The molecule has 118 valence electrons. The van der Waals surface area contributed by atoms with E-state index >= 15 is 0 Å². The minimum atomic E-state index is -3.08. The van der Waals surface area contributed by atoms with Crippen molar-refractivity contribution in [3.8, 4) is 5.75 Å². The highest BCUT2D eigenvalue weighted by molar-refractivity contribution is 5.90. The van der Waals surface area contributed by atoms with Crippen LogP contribution in [0.4, 0.5) is 23.7 Å². The molecule has 2 N–H and O–H groups in total. The fourth-order valence-corrected chi connectivity index (χ4v) is 1.71. The molecule has 0 aliphatic heterocycles. The Labute approximate surface area is 123 Å². The quantitative estimate of drug-likeness (QED) is 0.891. The van der Waals surface area contributed by atoms with E-state index in [-0.39, 0.29) is 18.0 Å². The van der Waals surface area contributed by atoms with Crippen LogP contribution in [-0.4, -0.2) is 22.4 Å². The Balaban J connectivity index is 2.01. The molecule has 0 spiro atoms. The second-order valence-electron chi connectivity index (χ2n) is 4.27. The van der Waals surface area contributed by atoms with Gasteiger partial charge < -0.3 is 15.4 Å². The first-order chi connectivity index (χ1) is 10.5. The third-order valence-corrected chi connectivity index (χ3v) is 2.76. The molecule has 0 radical (unpaired) electrons. The molecule has 0 fully saturated rings. The van der Waals surface area contributed by atoms with Crippen LogP contribution < -0.4 is 15.4 Å². The van der Waals surface area contributed by atoms with Crippen LogP contribution in [0.25, 0.3) is 0 Å². The Kier molecular flexibility index (Phi) is 4.87. The van der Waals surface area contributed by atoms with Crippen LogP contribution >= 0.6 is 0 Å². The van der Waals surface area contributed by atoms with Crippen LogP contribution in [0.15, 0.2) is 30.5 Å². The topological polar surface area (TPSA) is 68.2 Å². The van der Waals surface area contributed by atoms with Gasteiger partial charge in [-0.05, 0) is 18.2 Å². The predicted molar refractivity (Wildman–Crippen MR) is 72.1 cm³/mol. The average molecular weight is 314 g/mol. The molecule has 2 amide bonds. The number of rotatable bonds is 5. The number of hydrogen-bond donors (Lipinski definition) is 2. The van der Waals surface area contributed by atoms with Crippen LogP contribution in [0.3, 0.4) is 0 Å². The molecular weight excluding hydrogens is 301 g/mol. The Bertz CT molecular complexity index is 660. The number of anilines is 1. The van der Waals surface area contributed by atoms with E-state index in [0.717, 1.165) is 23.9 Å². The second-order valence-corrected chi connectivity index (χ2v) is 4.27. The van der Waals surface area contributed by atoms with Crippen molar-refractivity contribution in [2.45, 2.75) is 13.2 Å². The lowest BCUT2D eigenvalue weighted by Gasteiger charge is -2.12. The fourth-order valence-electron chi connectivity index (χ4n) is 1.71. The molecule has 0 aliphatic carbocycles. The summed E-state index contributed by atoms with van der Waals surface area (Å²) in [5.74, 6) is -1.02. The highest BCUT2D eigenvalue weighted by Gasteiger charge is 2.13. The Morgan fingerprint density at radius 3 is 2.82 bits per heavy atom. The zero-order valence-corrected chi connectivity index (χ0v) is 11.5. The summed E-state index contributed by atoms with van der Waals surface area (Å²) in [4.78, 5) is 11.8. The number of ether oxygens (including phenoxy) is 1. The average Bonchev–Trinajstić information content (AvgIpc) is 2.84. The van der Waals surface area contributed by atoms with E-state index in [4.69, 9.17) is 0 Å². The molecule has 1 aromatic carbocycles. The van der Waals surface area contributed by atoms with Gasteiger partial charge in [0.25, 0.3) is 0 Å². The van der Waals surface area contributed by atoms with Crippen molar-refractivity contribution < 1.29 is 22.7 Å². The van der Waals surface area contributed by atoms with Gasteiger partial charge >= 0.3 is 12.6 Å². The molecule has 0 bridgehead atoms. The van der Waals surface area contributed by atoms with E-state index < -0.39 is 18.5 Å². The number of amides is 2. The largest absolute Gasteiger partial charge is 0.433 e. The lowest BCUT2D eigenvalue weighted by atomic mass is 10.3. The Hall–Kier alpha value is -2.71. The number of carbonyl (C=O) groups is 1. The van der Waals surface area contributed by atoms with Gasteiger partial charge in [0, 0.05) is 19.3 Å². The summed E-state index contributed by atoms with van der Waals surface area (Å²) >= 11 is 0. The Morgan fingerprint density at radius 1 is 1.41 bits per heavy atom. The summed E-state index contributed by atoms with van der Waals surface area (Å²) in [6.07, 6.45) is 1.57. The highest BCUT2D eigenvalue weighted by atomic mass is 19.3. The first-order valence-electron chi connectivity index (χ1n) is 6.22. The van der Waals surface area contributed by atoms with E-state index in [0.29, 0.717) is 0 Å². The molecule has 1 aromatic heterocycles. The van der Waals surface area contributed by atoms with Crippen molar-refractivity contribution in [1.82, 2.24) is 15.1 Å². The van der Waals surface area contributed by atoms with Crippen LogP contribution in [-0.2, 0) is 13.6 Å². The third kappa shape index (κ3) is 4.14. The number of benzene rings is 1. The molecule has 1 heterocycles. The van der Waals surface area contributed by atoms with Crippen LogP contribution in [0.1, 0.15) is 5.69 Å². The maximum Gasteiger partial charge on any atom is 0.387 e. The van der Waals surface area contributed by atoms with Crippen molar-refractivity contribution in [3.05, 3.63) is 42.0 Å². The summed E-state index contributed by atoms with van der Waals surface area (Å²) < 4.78 is 43.5. The maximum absolute atomic E-state index is 13.2. The van der Waals surface area contributed by atoms with Gasteiger partial charge in [0.1, 0.15) is 11.6 Å². The zero-order chi connectivity index (χ0) is 16.1. The zero-order valence-electron chi connectivity index (χ0n) is 11.5. The van der Waals surface area contributed by atoms with Crippen molar-refractivity contribution in [1.29, 1.82) is 0 Å². The highest BCUT2D eigenvalue weighted by Crippen LogP contribution is 2.26. The molecule has 22 heavy (non-hydrogen) atoms. The third-order valence-electron chi connectivity index (χ3n) is 2.76. The molecular formula is C13H13F3N4O2. The minimum absolute atomic E-state index is 0.169. The monoisotopic (exact) mass is 314 g/mol. The van der Waals surface area contributed by atoms with Gasteiger partial charge in [-0.2, -0.15) is 13.9 Å². The molecule has 0 saturated heterocycles. The lowest BCUT2D eigenvalue weighted by Crippen LogP contribution is -2.29. The summed E-state index contributed by atoms with van der Waals surface area (Å²) in [5.41, 5.74) is 0.543. The number of aromatic nitrogens is 2. The van der Waals surface area contributed by atoms with E-state index in [2.05, 4.69) is 20.5 Å². The van der Waals surface area contributed by atoms with E-state index in [1.165, 1.54) is 0 Å². The van der Waals surface area contributed by atoms with Crippen molar-refractivity contribution >= 4 is 11.7 Å². The molecule has 0 atom stereocenters. The van der Waals surface area contributed by atoms with Crippen molar-refractivity contribution in [2.75, 3.05) is 5.32 Å². The second kappa shape index (κ2) is 6.83. The standard InChI is InChI=1S/C13H13F3N4O2/c1-20-9(4-5-18-20)7-17-13(21)19-10-6-8(14)2-3-11(10)22-12(15)16/h2-6,12H,7H2,1H3,(H2,17,19,21). The minimum Gasteiger partial charge on any atom is -0.433 e. The molecule has 0 unspecified atom stereocenters. The number of nitrogens with zero attached hydrogens (tertiary/aromatic N) is 2. The molecule has 2 aromatic rings. The normalized spacial score (nSPS) is 10.6. The predicted octanol–water partition coefficient (Wildman–Crippen LogP) is 2.48. The van der Waals surface area contributed by atoms with Gasteiger partial charge in [0.2, 0.25) is 0 Å². The van der Waals surface area contributed by atoms with Gasteiger partial charge in [0.15, 0.2) is 0 Å². The molecule has 9 heteroatoms. The van der Waals surface area contributed by atoms with E-state index in [1.54, 1.807) is 24.0 Å². The first-order valence-corrected chi connectivity index (χ1v) is 6.22. The lowest BCUT2D eigenvalue weighted by molar-refractivity contribution is -0.0494. The molecule has 0 saturated carbocycles. The Morgan fingerprint density at radius 2 is 2.18 bits per heavy atom. The van der Waals surface area contributed by atoms with Gasteiger partial charge in [0.05, 0.1) is 17.9 Å². The fraction of sp³-hybridized carbons (Fsp3) is 0.231. The van der Waals surface area contributed by atoms with Gasteiger partial charge in [-0.25, -0.2) is 9.18 Å². The van der Waals surface area contributed by atoms with Crippen LogP contribution in [0, 0.1) is 5.82 Å². The summed E-state index contributed by atoms with van der Waals surface area (Å²) in [7, 11) is 1.70. The summed E-state index contributed by atoms with van der Waals surface area (Å²) in [6, 6.07) is 3.87. The smallest absolute Gasteiger partial charge is 0.387 e. The van der Waals surface area contributed by atoms with Gasteiger partial charge in [-0.1, -0.05) is 0 Å². The van der Waals surface area contributed by atoms with Crippen LogP contribution in [0.2, 0.25) is 0 Å². The van der Waals surface area contributed by atoms with E-state index in [9.17, 15) is 18.0 Å². The van der Waals surface area contributed by atoms with Crippen molar-refractivity contribution in [2.24, 2.45) is 7.05 Å². The summed E-state index contributed by atoms with van der Waals surface area (Å²) in [6.45, 7) is -2.91. The maximum atomic E-state index is 13.2. The summed E-state index contributed by atoms with van der Waals surface area (Å²) in [5, 5.41) is 8.69. The number of halogens is 3. The van der Waals surface area contributed by atoms with Crippen molar-refractivity contribution in [3.63, 3.8) is 0 Å². The van der Waals surface area contributed by atoms with Gasteiger partial charge in [-0.3, -0.25) is 4.68 Å². The number of carbonyl (C=O) groups excluding carboxylic acids is 1. The van der Waals surface area contributed by atoms with Gasteiger partial charge in [-0.15, -0.1) is 0 Å². The SMILES string of the molecule is Cn1nccc1CNC(=O)Nc1cc(F)ccc1OC(F)F. The van der Waals surface area contributed by atoms with E-state index in [1.807, 2.05) is 0 Å².